The van der Waals surface area contributed by atoms with E-state index in [0.29, 0.717) is 12.4 Å². The minimum absolute atomic E-state index is 0.0865. The molecule has 1 aromatic rings. The molecule has 96 valence electrons. The topological polar surface area (TPSA) is 58.9 Å². The van der Waals surface area contributed by atoms with Gasteiger partial charge in [-0.2, -0.15) is 11.8 Å². The third-order valence-electron chi connectivity index (χ3n) is 2.03. The van der Waals surface area contributed by atoms with Gasteiger partial charge in [0, 0.05) is 5.75 Å². The van der Waals surface area contributed by atoms with E-state index in [0.717, 1.165) is 11.5 Å². The Kier molecular flexibility index (Phi) is 6.84. The Morgan fingerprint density at radius 2 is 1.76 bits per heavy atom. The quantitative estimate of drug-likeness (QED) is 0.685. The molecule has 0 fully saturated rings. The van der Waals surface area contributed by atoms with E-state index in [2.05, 4.69) is 0 Å². The lowest BCUT2D eigenvalue weighted by Crippen LogP contribution is -2.21. The molecule has 4 nitrogen and oxygen atoms in total. The van der Waals surface area contributed by atoms with Crippen LogP contribution in [-0.2, 0) is 0 Å². The van der Waals surface area contributed by atoms with Gasteiger partial charge in [-0.3, -0.25) is 0 Å². The van der Waals surface area contributed by atoms with Gasteiger partial charge in [-0.1, -0.05) is 0 Å². The normalized spacial score (nSPS) is 12.2. The van der Waals surface area contributed by atoms with Crippen molar-refractivity contribution in [2.24, 2.45) is 0 Å². The zero-order valence-electron chi connectivity index (χ0n) is 9.83. The highest BCUT2D eigenvalue weighted by Crippen LogP contribution is 2.17. The maximum absolute atomic E-state index is 9.12. The molecule has 0 aliphatic heterocycles. The Balaban J connectivity index is 2.34. The highest BCUT2D eigenvalue weighted by Gasteiger charge is 2.03. The average Bonchev–Trinajstić information content (AvgIpc) is 2.37. The molecular formula is C12H18O4S. The number of aliphatic hydroxyl groups excluding tert-OH is 2. The second-order valence-electron chi connectivity index (χ2n) is 3.46. The van der Waals surface area contributed by atoms with Crippen molar-refractivity contribution in [3.63, 3.8) is 0 Å². The predicted octanol–water partition coefficient (Wildman–Crippen LogP) is 1.16. The lowest BCUT2D eigenvalue weighted by atomic mass is 10.3. The molecule has 2 N–H and O–H groups in total. The van der Waals surface area contributed by atoms with E-state index in [1.54, 1.807) is 23.9 Å². The molecule has 0 amide bonds. The Morgan fingerprint density at radius 1 is 1.18 bits per heavy atom. The van der Waals surface area contributed by atoms with Crippen molar-refractivity contribution in [2.75, 3.05) is 31.8 Å². The van der Waals surface area contributed by atoms with Crippen molar-refractivity contribution < 1.29 is 19.7 Å². The van der Waals surface area contributed by atoms with Gasteiger partial charge in [-0.15, -0.1) is 0 Å². The van der Waals surface area contributed by atoms with Crippen LogP contribution in [0.15, 0.2) is 24.3 Å². The van der Waals surface area contributed by atoms with Crippen LogP contribution in [0.2, 0.25) is 0 Å². The highest BCUT2D eigenvalue weighted by atomic mass is 32.2. The Morgan fingerprint density at radius 3 is 2.29 bits per heavy atom. The summed E-state index contributed by atoms with van der Waals surface area (Å²) in [6, 6.07) is 7.19. The summed E-state index contributed by atoms with van der Waals surface area (Å²) in [5, 5.41) is 17.7. The third-order valence-corrected chi connectivity index (χ3v) is 2.61. The Labute approximate surface area is 106 Å². The van der Waals surface area contributed by atoms with Crippen molar-refractivity contribution >= 4 is 11.8 Å². The molecule has 0 radical (unpaired) electrons. The average molecular weight is 258 g/mol. The summed E-state index contributed by atoms with van der Waals surface area (Å²) in [5.41, 5.74) is 0. The Hall–Kier alpha value is -0.910. The zero-order chi connectivity index (χ0) is 12.5. The summed E-state index contributed by atoms with van der Waals surface area (Å²) < 4.78 is 10.8. The van der Waals surface area contributed by atoms with Crippen molar-refractivity contribution in [3.05, 3.63) is 24.3 Å². The summed E-state index contributed by atoms with van der Waals surface area (Å²) >= 11 is 1.74. The van der Waals surface area contributed by atoms with Gasteiger partial charge < -0.3 is 19.7 Å². The standard InChI is InChI=1S/C12H18O4S/c1-17-7-6-15-11-2-4-12(5-3-11)16-9-10(14)8-13/h2-5,10,13-14H,6-9H2,1H3. The molecule has 1 unspecified atom stereocenters. The number of aliphatic hydroxyl groups is 2. The fraction of sp³-hybridized carbons (Fsp3) is 0.500. The molecule has 0 bridgehead atoms. The first kappa shape index (κ1) is 14.2. The van der Waals surface area contributed by atoms with E-state index >= 15 is 0 Å². The monoisotopic (exact) mass is 258 g/mol. The van der Waals surface area contributed by atoms with Gasteiger partial charge >= 0.3 is 0 Å². The second-order valence-corrected chi connectivity index (χ2v) is 4.45. The Bertz CT molecular complexity index is 302. The molecule has 0 aliphatic rings. The highest BCUT2D eigenvalue weighted by molar-refractivity contribution is 7.98. The molecule has 0 aliphatic carbocycles. The van der Waals surface area contributed by atoms with Crippen molar-refractivity contribution in [1.29, 1.82) is 0 Å². The largest absolute Gasteiger partial charge is 0.493 e. The molecule has 1 atom stereocenters. The maximum Gasteiger partial charge on any atom is 0.119 e. The molecule has 1 aromatic carbocycles. The number of benzene rings is 1. The van der Waals surface area contributed by atoms with Gasteiger partial charge in [0.25, 0.3) is 0 Å². The molecule has 0 aromatic heterocycles. The zero-order valence-corrected chi connectivity index (χ0v) is 10.7. The lowest BCUT2D eigenvalue weighted by molar-refractivity contribution is 0.0536. The molecular weight excluding hydrogens is 240 g/mol. The minimum atomic E-state index is -0.840. The first-order chi connectivity index (χ1) is 8.26. The van der Waals surface area contributed by atoms with Gasteiger partial charge in [0.15, 0.2) is 0 Å². The summed E-state index contributed by atoms with van der Waals surface area (Å²) in [6.07, 6.45) is 1.19. The van der Waals surface area contributed by atoms with Crippen molar-refractivity contribution in [3.8, 4) is 11.5 Å². The molecule has 0 spiro atoms. The summed E-state index contributed by atoms with van der Waals surface area (Å²) in [7, 11) is 0. The van der Waals surface area contributed by atoms with E-state index < -0.39 is 6.10 Å². The minimum Gasteiger partial charge on any atom is -0.493 e. The third kappa shape index (κ3) is 5.81. The van der Waals surface area contributed by atoms with E-state index in [-0.39, 0.29) is 13.2 Å². The number of hydrogen-bond acceptors (Lipinski definition) is 5. The van der Waals surface area contributed by atoms with Crippen LogP contribution in [0.25, 0.3) is 0 Å². The van der Waals surface area contributed by atoms with Crippen LogP contribution >= 0.6 is 11.8 Å². The summed E-state index contributed by atoms with van der Waals surface area (Å²) in [4.78, 5) is 0. The van der Waals surface area contributed by atoms with Gasteiger partial charge in [0.05, 0.1) is 13.2 Å². The van der Waals surface area contributed by atoms with Crippen LogP contribution in [0, 0.1) is 0 Å². The smallest absolute Gasteiger partial charge is 0.119 e. The van der Waals surface area contributed by atoms with Gasteiger partial charge in [-0.25, -0.2) is 0 Å². The lowest BCUT2D eigenvalue weighted by Gasteiger charge is -2.10. The number of rotatable bonds is 8. The molecule has 0 saturated carbocycles. The summed E-state index contributed by atoms with van der Waals surface area (Å²) in [5.74, 6) is 2.41. The fourth-order valence-corrected chi connectivity index (χ4v) is 1.37. The van der Waals surface area contributed by atoms with E-state index in [1.165, 1.54) is 0 Å². The van der Waals surface area contributed by atoms with Crippen LogP contribution in [0.3, 0.4) is 0 Å². The molecule has 0 heterocycles. The van der Waals surface area contributed by atoms with Crippen LogP contribution in [0.1, 0.15) is 0 Å². The van der Waals surface area contributed by atoms with Crippen molar-refractivity contribution in [1.82, 2.24) is 0 Å². The first-order valence-corrected chi connectivity index (χ1v) is 6.79. The van der Waals surface area contributed by atoms with Crippen LogP contribution in [0.5, 0.6) is 11.5 Å². The number of ether oxygens (including phenoxy) is 2. The number of thioether (sulfide) groups is 1. The van der Waals surface area contributed by atoms with Gasteiger partial charge in [0.2, 0.25) is 0 Å². The van der Waals surface area contributed by atoms with E-state index in [9.17, 15) is 0 Å². The maximum atomic E-state index is 9.12. The van der Waals surface area contributed by atoms with Gasteiger partial charge in [0.1, 0.15) is 24.2 Å². The fourth-order valence-electron chi connectivity index (χ4n) is 1.12. The molecule has 5 heteroatoms. The molecule has 1 rings (SSSR count). The SMILES string of the molecule is CSCCOc1ccc(OCC(O)CO)cc1. The molecule has 0 saturated heterocycles. The first-order valence-electron chi connectivity index (χ1n) is 5.39. The second kappa shape index (κ2) is 8.22. The predicted molar refractivity (Wildman–Crippen MR) is 68.9 cm³/mol. The van der Waals surface area contributed by atoms with Crippen LogP contribution < -0.4 is 9.47 Å². The summed E-state index contributed by atoms with van der Waals surface area (Å²) in [6.45, 7) is 0.476. The van der Waals surface area contributed by atoms with Crippen molar-refractivity contribution in [2.45, 2.75) is 6.10 Å². The van der Waals surface area contributed by atoms with Crippen LogP contribution in [0.4, 0.5) is 0 Å². The number of hydrogen-bond donors (Lipinski definition) is 2. The van der Waals surface area contributed by atoms with Gasteiger partial charge in [-0.05, 0) is 30.5 Å². The van der Waals surface area contributed by atoms with E-state index in [1.807, 2.05) is 18.4 Å². The van der Waals surface area contributed by atoms with E-state index in [4.69, 9.17) is 19.7 Å². The molecule has 17 heavy (non-hydrogen) atoms. The van der Waals surface area contributed by atoms with Crippen LogP contribution in [-0.4, -0.2) is 48.1 Å².